The SMILES string of the molecule is CS(=O)(=O)N1CCCc2cc(C(=O)Nc3ccccc3N3CCC(O)CC3)ccc21. The van der Waals surface area contributed by atoms with Gasteiger partial charge in [-0.05, 0) is 61.6 Å². The molecule has 1 saturated heterocycles. The van der Waals surface area contributed by atoms with Crippen molar-refractivity contribution in [2.24, 2.45) is 0 Å². The fourth-order valence-corrected chi connectivity index (χ4v) is 5.20. The van der Waals surface area contributed by atoms with Crippen LogP contribution in [0.25, 0.3) is 0 Å². The van der Waals surface area contributed by atoms with Crippen LogP contribution in [0.4, 0.5) is 17.1 Å². The second kappa shape index (κ2) is 8.28. The van der Waals surface area contributed by atoms with Crippen LogP contribution in [-0.4, -0.2) is 51.4 Å². The van der Waals surface area contributed by atoms with E-state index in [1.54, 1.807) is 18.2 Å². The molecule has 8 heteroatoms. The van der Waals surface area contributed by atoms with E-state index in [2.05, 4.69) is 10.2 Å². The molecule has 0 aromatic heterocycles. The predicted octanol–water partition coefficient (Wildman–Crippen LogP) is 2.61. The molecule has 4 rings (SSSR count). The van der Waals surface area contributed by atoms with Gasteiger partial charge >= 0.3 is 0 Å². The zero-order chi connectivity index (χ0) is 21.3. The van der Waals surface area contributed by atoms with Crippen molar-refractivity contribution in [3.8, 4) is 0 Å². The number of hydrogen-bond acceptors (Lipinski definition) is 5. The van der Waals surface area contributed by atoms with Crippen molar-refractivity contribution < 1.29 is 18.3 Å². The summed E-state index contributed by atoms with van der Waals surface area (Å²) in [4.78, 5) is 15.1. The first-order valence-electron chi connectivity index (χ1n) is 10.3. The molecule has 2 N–H and O–H groups in total. The molecular formula is C22H27N3O4S. The molecule has 0 radical (unpaired) electrons. The predicted molar refractivity (Wildman–Crippen MR) is 119 cm³/mol. The van der Waals surface area contributed by atoms with E-state index in [9.17, 15) is 18.3 Å². The fraction of sp³-hybridized carbons (Fsp3) is 0.409. The van der Waals surface area contributed by atoms with Crippen LogP contribution >= 0.6 is 0 Å². The van der Waals surface area contributed by atoms with Crippen LogP contribution in [0.15, 0.2) is 42.5 Å². The first-order chi connectivity index (χ1) is 14.3. The van der Waals surface area contributed by atoms with Gasteiger partial charge in [-0.3, -0.25) is 9.10 Å². The second-order valence-electron chi connectivity index (χ2n) is 7.97. The number of carbonyl (C=O) groups excluding carboxylic acids is 1. The Kier molecular flexibility index (Phi) is 5.71. The van der Waals surface area contributed by atoms with Gasteiger partial charge in [0, 0.05) is 25.2 Å². The van der Waals surface area contributed by atoms with Gasteiger partial charge in [0.1, 0.15) is 0 Å². The molecule has 2 heterocycles. The van der Waals surface area contributed by atoms with Crippen LogP contribution in [0.2, 0.25) is 0 Å². The molecule has 0 spiro atoms. The minimum absolute atomic E-state index is 0.223. The van der Waals surface area contributed by atoms with E-state index < -0.39 is 10.0 Å². The number of aryl methyl sites for hydroxylation is 1. The van der Waals surface area contributed by atoms with E-state index in [0.717, 1.165) is 42.9 Å². The Bertz CT molecular complexity index is 1050. The van der Waals surface area contributed by atoms with Gasteiger partial charge < -0.3 is 15.3 Å². The summed E-state index contributed by atoms with van der Waals surface area (Å²) in [7, 11) is -3.33. The van der Waals surface area contributed by atoms with E-state index in [1.165, 1.54) is 10.6 Å². The highest BCUT2D eigenvalue weighted by molar-refractivity contribution is 7.92. The third-order valence-corrected chi connectivity index (χ3v) is 6.96. The zero-order valence-corrected chi connectivity index (χ0v) is 17.9. The Morgan fingerprint density at radius 1 is 1.07 bits per heavy atom. The second-order valence-corrected chi connectivity index (χ2v) is 9.88. The number of piperidine rings is 1. The first-order valence-corrected chi connectivity index (χ1v) is 12.1. The Balaban J connectivity index is 1.56. The number of sulfonamides is 1. The van der Waals surface area contributed by atoms with Crippen molar-refractivity contribution in [3.63, 3.8) is 0 Å². The molecule has 2 aromatic carbocycles. The number of hydrogen-bond donors (Lipinski definition) is 2. The van der Waals surface area contributed by atoms with Gasteiger partial charge in [-0.15, -0.1) is 0 Å². The number of aliphatic hydroxyl groups is 1. The molecule has 2 aliphatic heterocycles. The highest BCUT2D eigenvalue weighted by Gasteiger charge is 2.25. The minimum Gasteiger partial charge on any atom is -0.393 e. The van der Waals surface area contributed by atoms with Crippen LogP contribution in [0.1, 0.15) is 35.2 Å². The summed E-state index contributed by atoms with van der Waals surface area (Å²) in [6, 6.07) is 12.9. The third kappa shape index (κ3) is 4.29. The summed E-state index contributed by atoms with van der Waals surface area (Å²) in [6.45, 7) is 1.96. The average Bonchev–Trinajstić information content (AvgIpc) is 2.73. The van der Waals surface area contributed by atoms with Crippen molar-refractivity contribution in [3.05, 3.63) is 53.6 Å². The quantitative estimate of drug-likeness (QED) is 0.780. The van der Waals surface area contributed by atoms with Crippen LogP contribution in [0.5, 0.6) is 0 Å². The number of aliphatic hydroxyl groups excluding tert-OH is 1. The van der Waals surface area contributed by atoms with Gasteiger partial charge in [0.15, 0.2) is 0 Å². The summed E-state index contributed by atoms with van der Waals surface area (Å²) in [5.41, 5.74) is 3.71. The molecule has 1 amide bonds. The maximum Gasteiger partial charge on any atom is 0.255 e. The molecule has 0 aliphatic carbocycles. The highest BCUT2D eigenvalue weighted by Crippen LogP contribution is 2.31. The number of nitrogens with zero attached hydrogens (tertiary/aromatic N) is 2. The Labute approximate surface area is 177 Å². The number of carbonyl (C=O) groups is 1. The molecule has 0 unspecified atom stereocenters. The number of amides is 1. The standard InChI is InChI=1S/C22H27N3O4S/c1-30(28,29)25-12-4-5-16-15-17(8-9-20(16)25)22(27)23-19-6-2-3-7-21(19)24-13-10-18(26)11-14-24/h2-3,6-9,15,18,26H,4-5,10-14H2,1H3,(H,23,27). The van der Waals surface area contributed by atoms with E-state index in [4.69, 9.17) is 0 Å². The lowest BCUT2D eigenvalue weighted by molar-refractivity contribution is 0.102. The van der Waals surface area contributed by atoms with E-state index in [1.807, 2.05) is 24.3 Å². The van der Waals surface area contributed by atoms with Gasteiger partial charge in [-0.1, -0.05) is 12.1 Å². The van der Waals surface area contributed by atoms with Crippen molar-refractivity contribution in [2.45, 2.75) is 31.8 Å². The van der Waals surface area contributed by atoms with Crippen LogP contribution in [0.3, 0.4) is 0 Å². The van der Waals surface area contributed by atoms with Gasteiger partial charge in [0.2, 0.25) is 10.0 Å². The maximum atomic E-state index is 13.0. The molecular weight excluding hydrogens is 402 g/mol. The Morgan fingerprint density at radius 3 is 2.53 bits per heavy atom. The number of nitrogens with one attached hydrogen (secondary N) is 1. The lowest BCUT2D eigenvalue weighted by atomic mass is 10.0. The molecule has 2 aliphatic rings. The normalized spacial score (nSPS) is 17.5. The molecule has 30 heavy (non-hydrogen) atoms. The molecule has 0 atom stereocenters. The van der Waals surface area contributed by atoms with Crippen LogP contribution < -0.4 is 14.5 Å². The van der Waals surface area contributed by atoms with Crippen LogP contribution in [-0.2, 0) is 16.4 Å². The van der Waals surface area contributed by atoms with E-state index in [0.29, 0.717) is 30.6 Å². The number of benzene rings is 2. The Morgan fingerprint density at radius 2 is 1.80 bits per heavy atom. The average molecular weight is 430 g/mol. The molecule has 0 saturated carbocycles. The summed E-state index contributed by atoms with van der Waals surface area (Å²) in [5.74, 6) is -0.223. The largest absolute Gasteiger partial charge is 0.393 e. The summed E-state index contributed by atoms with van der Waals surface area (Å²) >= 11 is 0. The lowest BCUT2D eigenvalue weighted by Gasteiger charge is -2.32. The summed E-state index contributed by atoms with van der Waals surface area (Å²) in [6.07, 6.45) is 3.85. The van der Waals surface area contributed by atoms with Gasteiger partial charge in [-0.2, -0.15) is 0 Å². The van der Waals surface area contributed by atoms with Crippen molar-refractivity contribution in [2.75, 3.05) is 40.4 Å². The van der Waals surface area contributed by atoms with Gasteiger partial charge in [-0.25, -0.2) is 8.42 Å². The zero-order valence-electron chi connectivity index (χ0n) is 17.0. The van der Waals surface area contributed by atoms with Gasteiger partial charge in [0.25, 0.3) is 5.91 Å². The van der Waals surface area contributed by atoms with E-state index >= 15 is 0 Å². The number of anilines is 3. The monoisotopic (exact) mass is 429 g/mol. The smallest absolute Gasteiger partial charge is 0.255 e. The van der Waals surface area contributed by atoms with Crippen molar-refractivity contribution >= 4 is 33.0 Å². The third-order valence-electron chi connectivity index (χ3n) is 5.78. The first kappa shape index (κ1) is 20.7. The topological polar surface area (TPSA) is 90.0 Å². The van der Waals surface area contributed by atoms with E-state index in [-0.39, 0.29) is 12.0 Å². The van der Waals surface area contributed by atoms with Gasteiger partial charge in [0.05, 0.1) is 29.4 Å². The highest BCUT2D eigenvalue weighted by atomic mass is 32.2. The molecule has 2 aromatic rings. The molecule has 160 valence electrons. The van der Waals surface area contributed by atoms with Crippen molar-refractivity contribution in [1.29, 1.82) is 0 Å². The molecule has 1 fully saturated rings. The summed E-state index contributed by atoms with van der Waals surface area (Å²) in [5, 5.41) is 12.8. The minimum atomic E-state index is -3.33. The summed E-state index contributed by atoms with van der Waals surface area (Å²) < 4.78 is 25.5. The Hall–Kier alpha value is -2.58. The lowest BCUT2D eigenvalue weighted by Crippen LogP contribution is -2.36. The maximum absolute atomic E-state index is 13.0. The number of rotatable bonds is 4. The number of para-hydroxylation sites is 2. The van der Waals surface area contributed by atoms with Crippen molar-refractivity contribution in [1.82, 2.24) is 0 Å². The number of fused-ring (bicyclic) bond motifs is 1. The fourth-order valence-electron chi connectivity index (χ4n) is 4.20. The van der Waals surface area contributed by atoms with Crippen LogP contribution in [0, 0.1) is 0 Å². The molecule has 0 bridgehead atoms. The molecule has 7 nitrogen and oxygen atoms in total.